The molecule has 0 unspecified atom stereocenters. The van der Waals surface area contributed by atoms with Gasteiger partial charge >= 0.3 is 0 Å². The van der Waals surface area contributed by atoms with Crippen molar-refractivity contribution in [2.24, 2.45) is 7.05 Å². The highest BCUT2D eigenvalue weighted by molar-refractivity contribution is 5.99. The van der Waals surface area contributed by atoms with E-state index in [2.05, 4.69) is 10.4 Å². The zero-order chi connectivity index (χ0) is 13.3. The monoisotopic (exact) mass is 251 g/mol. The molecule has 0 aromatic carbocycles. The molecule has 0 radical (unpaired) electrons. The summed E-state index contributed by atoms with van der Waals surface area (Å²) in [6, 6.07) is 0.296. The van der Waals surface area contributed by atoms with Gasteiger partial charge in [0.05, 0.1) is 12.7 Å². The Bertz CT molecular complexity index is 478. The number of anilines is 1. The van der Waals surface area contributed by atoms with Gasteiger partial charge in [-0.3, -0.25) is 14.3 Å². The molecule has 2 amide bonds. The summed E-state index contributed by atoms with van der Waals surface area (Å²) in [5, 5.41) is 6.73. The number of carbonyl (C=O) groups excluding carboxylic acids is 2. The third-order valence-electron chi connectivity index (χ3n) is 2.88. The molecule has 7 heteroatoms. The van der Waals surface area contributed by atoms with Gasteiger partial charge in [0.2, 0.25) is 5.91 Å². The molecule has 0 saturated heterocycles. The van der Waals surface area contributed by atoms with Crippen molar-refractivity contribution in [2.45, 2.75) is 18.9 Å². The van der Waals surface area contributed by atoms with Crippen LogP contribution in [0.2, 0.25) is 0 Å². The van der Waals surface area contributed by atoms with E-state index in [1.807, 2.05) is 0 Å². The Labute approximate surface area is 105 Å². The van der Waals surface area contributed by atoms with Crippen LogP contribution < -0.4 is 11.1 Å². The molecular weight excluding hydrogens is 234 g/mol. The third kappa shape index (κ3) is 2.61. The molecule has 2 rings (SSSR count). The Morgan fingerprint density at radius 2 is 2.28 bits per heavy atom. The number of nitrogen functional groups attached to an aromatic ring is 1. The quantitative estimate of drug-likeness (QED) is 0.744. The molecule has 1 saturated carbocycles. The lowest BCUT2D eigenvalue weighted by molar-refractivity contribution is -0.121. The minimum Gasteiger partial charge on any atom is -0.383 e. The number of nitrogens with two attached hydrogens (primary N) is 1. The van der Waals surface area contributed by atoms with Crippen molar-refractivity contribution in [3.05, 3.63) is 11.8 Å². The predicted molar refractivity (Wildman–Crippen MR) is 65.7 cm³/mol. The van der Waals surface area contributed by atoms with Crippen molar-refractivity contribution in [1.29, 1.82) is 0 Å². The van der Waals surface area contributed by atoms with Gasteiger partial charge in [0.1, 0.15) is 11.4 Å². The van der Waals surface area contributed by atoms with Crippen molar-refractivity contribution in [2.75, 3.05) is 19.3 Å². The summed E-state index contributed by atoms with van der Waals surface area (Å²) in [5.41, 5.74) is 6.03. The number of rotatable bonds is 4. The Balaban J connectivity index is 1.95. The zero-order valence-corrected chi connectivity index (χ0v) is 10.5. The summed E-state index contributed by atoms with van der Waals surface area (Å²) in [7, 11) is 3.23. The average molecular weight is 251 g/mol. The fraction of sp³-hybridized carbons (Fsp3) is 0.545. The van der Waals surface area contributed by atoms with Crippen LogP contribution in [0.25, 0.3) is 0 Å². The number of nitrogens with one attached hydrogen (secondary N) is 1. The summed E-state index contributed by atoms with van der Waals surface area (Å²) in [5.74, 6) is -0.142. The van der Waals surface area contributed by atoms with E-state index in [0.29, 0.717) is 17.4 Å². The van der Waals surface area contributed by atoms with Crippen LogP contribution in [0.15, 0.2) is 6.20 Å². The number of likely N-dealkylation sites (N-methyl/N-ethyl adjacent to an activating group) is 1. The number of hydrogen-bond donors (Lipinski definition) is 2. The van der Waals surface area contributed by atoms with E-state index in [-0.39, 0.29) is 18.4 Å². The number of aromatic nitrogens is 2. The second-order valence-electron chi connectivity index (χ2n) is 4.57. The first-order valence-electron chi connectivity index (χ1n) is 5.81. The van der Waals surface area contributed by atoms with E-state index in [9.17, 15) is 9.59 Å². The summed E-state index contributed by atoms with van der Waals surface area (Å²) < 4.78 is 1.42. The summed E-state index contributed by atoms with van der Waals surface area (Å²) >= 11 is 0. The van der Waals surface area contributed by atoms with E-state index < -0.39 is 0 Å². The first-order valence-corrected chi connectivity index (χ1v) is 5.81. The van der Waals surface area contributed by atoms with Gasteiger partial charge in [-0.1, -0.05) is 0 Å². The molecule has 1 aromatic heterocycles. The van der Waals surface area contributed by atoms with Gasteiger partial charge in [-0.05, 0) is 12.8 Å². The molecule has 0 spiro atoms. The maximum absolute atomic E-state index is 12.0. The van der Waals surface area contributed by atoms with Crippen LogP contribution in [0.4, 0.5) is 5.82 Å². The van der Waals surface area contributed by atoms with Gasteiger partial charge in [0.25, 0.3) is 5.91 Å². The van der Waals surface area contributed by atoms with Gasteiger partial charge in [-0.25, -0.2) is 0 Å². The molecule has 0 atom stereocenters. The summed E-state index contributed by atoms with van der Waals surface area (Å²) in [6.45, 7) is 0.0314. The van der Waals surface area contributed by atoms with Crippen molar-refractivity contribution < 1.29 is 9.59 Å². The number of hydrogen-bond acceptors (Lipinski definition) is 4. The molecule has 0 aliphatic heterocycles. The summed E-state index contributed by atoms with van der Waals surface area (Å²) in [4.78, 5) is 24.9. The molecule has 3 N–H and O–H groups in total. The lowest BCUT2D eigenvalue weighted by Gasteiger charge is -2.16. The Morgan fingerprint density at radius 3 is 2.78 bits per heavy atom. The van der Waals surface area contributed by atoms with Crippen molar-refractivity contribution in [3.8, 4) is 0 Å². The molecule has 0 bridgehead atoms. The van der Waals surface area contributed by atoms with E-state index >= 15 is 0 Å². The fourth-order valence-electron chi connectivity index (χ4n) is 1.61. The minimum atomic E-state index is -0.299. The Hall–Kier alpha value is -2.05. The molecule has 1 heterocycles. The molecule has 1 fully saturated rings. The zero-order valence-electron chi connectivity index (χ0n) is 10.5. The second kappa shape index (κ2) is 4.67. The third-order valence-corrected chi connectivity index (χ3v) is 2.88. The largest absolute Gasteiger partial charge is 0.383 e. The second-order valence-corrected chi connectivity index (χ2v) is 4.57. The van der Waals surface area contributed by atoms with E-state index in [4.69, 9.17) is 5.73 Å². The van der Waals surface area contributed by atoms with Crippen LogP contribution in [-0.4, -0.2) is 46.1 Å². The van der Waals surface area contributed by atoms with Crippen LogP contribution in [-0.2, 0) is 11.8 Å². The molecule has 1 aliphatic carbocycles. The highest BCUT2D eigenvalue weighted by atomic mass is 16.2. The maximum atomic E-state index is 12.0. The van der Waals surface area contributed by atoms with Gasteiger partial charge in [0.15, 0.2) is 0 Å². The highest BCUT2D eigenvalue weighted by Gasteiger charge is 2.25. The number of carbonyl (C=O) groups is 2. The van der Waals surface area contributed by atoms with Gasteiger partial charge < -0.3 is 16.0 Å². The predicted octanol–water partition coefficient (Wildman–Crippen LogP) is -0.647. The van der Waals surface area contributed by atoms with E-state index in [1.54, 1.807) is 14.1 Å². The molecule has 1 aromatic rings. The van der Waals surface area contributed by atoms with Crippen LogP contribution >= 0.6 is 0 Å². The molecule has 98 valence electrons. The number of nitrogens with zero attached hydrogens (tertiary/aromatic N) is 3. The lowest BCUT2D eigenvalue weighted by Crippen LogP contribution is -2.39. The van der Waals surface area contributed by atoms with Crippen LogP contribution in [0.3, 0.4) is 0 Å². The smallest absolute Gasteiger partial charge is 0.259 e. The first kappa shape index (κ1) is 12.4. The minimum absolute atomic E-state index is 0.0314. The molecular formula is C11H17N5O2. The van der Waals surface area contributed by atoms with Crippen molar-refractivity contribution >= 4 is 17.6 Å². The van der Waals surface area contributed by atoms with E-state index in [1.165, 1.54) is 15.8 Å². The fourth-order valence-corrected chi connectivity index (χ4v) is 1.61. The average Bonchev–Trinajstić information content (AvgIpc) is 3.05. The summed E-state index contributed by atoms with van der Waals surface area (Å²) in [6.07, 6.45) is 3.46. The molecule has 1 aliphatic rings. The SMILES string of the molecule is CN(CC(=O)NC1CC1)C(=O)c1cnn(C)c1N. The Kier molecular flexibility index (Phi) is 3.22. The normalized spacial score (nSPS) is 14.3. The van der Waals surface area contributed by atoms with Crippen LogP contribution in [0.1, 0.15) is 23.2 Å². The van der Waals surface area contributed by atoms with Gasteiger partial charge in [-0.15, -0.1) is 0 Å². The van der Waals surface area contributed by atoms with Gasteiger partial charge in [-0.2, -0.15) is 5.10 Å². The molecule has 7 nitrogen and oxygen atoms in total. The standard InChI is InChI=1S/C11H17N5O2/c1-15(6-9(17)14-7-3-4-7)11(18)8-5-13-16(2)10(8)12/h5,7H,3-4,6,12H2,1-2H3,(H,14,17). The topological polar surface area (TPSA) is 93.2 Å². The van der Waals surface area contributed by atoms with Crippen LogP contribution in [0, 0.1) is 0 Å². The van der Waals surface area contributed by atoms with Crippen molar-refractivity contribution in [3.63, 3.8) is 0 Å². The number of aryl methyl sites for hydroxylation is 1. The first-order chi connectivity index (χ1) is 8.49. The van der Waals surface area contributed by atoms with Gasteiger partial charge in [0, 0.05) is 20.1 Å². The van der Waals surface area contributed by atoms with E-state index in [0.717, 1.165) is 12.8 Å². The highest BCUT2D eigenvalue weighted by Crippen LogP contribution is 2.18. The number of amides is 2. The maximum Gasteiger partial charge on any atom is 0.259 e. The Morgan fingerprint density at radius 1 is 1.61 bits per heavy atom. The lowest BCUT2D eigenvalue weighted by atomic mass is 10.3. The van der Waals surface area contributed by atoms with Crippen molar-refractivity contribution in [1.82, 2.24) is 20.0 Å². The molecule has 18 heavy (non-hydrogen) atoms. The van der Waals surface area contributed by atoms with Crippen LogP contribution in [0.5, 0.6) is 0 Å².